The Balaban J connectivity index is 2.61. The Morgan fingerprint density at radius 1 is 1.24 bits per heavy atom. The van der Waals surface area contributed by atoms with Crippen LogP contribution in [0.2, 0.25) is 0 Å². The van der Waals surface area contributed by atoms with Crippen molar-refractivity contribution in [2.45, 2.75) is 6.92 Å². The summed E-state index contributed by atoms with van der Waals surface area (Å²) in [7, 11) is 0. The van der Waals surface area contributed by atoms with E-state index in [0.29, 0.717) is 17.9 Å². The molecular formula is C15H15F2N3O. The lowest BCUT2D eigenvalue weighted by Crippen LogP contribution is -2.23. The monoisotopic (exact) mass is 291 g/mol. The molecule has 110 valence electrons. The van der Waals surface area contributed by atoms with Crippen LogP contribution in [0.5, 0.6) is 0 Å². The molecule has 0 unspecified atom stereocenters. The van der Waals surface area contributed by atoms with Gasteiger partial charge >= 0.3 is 0 Å². The Bertz CT molecular complexity index is 674. The third-order valence-corrected chi connectivity index (χ3v) is 3.08. The molecular weight excluding hydrogens is 276 g/mol. The Hall–Kier alpha value is -2.63. The number of hydrogen-bond donors (Lipinski definition) is 2. The molecule has 0 aromatic heterocycles. The molecule has 0 aliphatic heterocycles. The maximum atomic E-state index is 14.0. The second-order valence-corrected chi connectivity index (χ2v) is 4.34. The summed E-state index contributed by atoms with van der Waals surface area (Å²) < 4.78 is 27.4. The smallest absolute Gasteiger partial charge is 0.175 e. The number of anilines is 2. The van der Waals surface area contributed by atoms with Gasteiger partial charge in [-0.05, 0) is 37.3 Å². The first-order valence-corrected chi connectivity index (χ1v) is 6.38. The SMILES string of the molecule is CCN(c1cccc(F)c1)c1cccc(F)c1C(N)=NO. The summed E-state index contributed by atoms with van der Waals surface area (Å²) in [5.41, 5.74) is 6.49. The third kappa shape index (κ3) is 2.94. The lowest BCUT2D eigenvalue weighted by molar-refractivity contribution is 0.318. The molecule has 2 aromatic rings. The lowest BCUT2D eigenvalue weighted by Gasteiger charge is -2.25. The molecule has 0 atom stereocenters. The molecule has 21 heavy (non-hydrogen) atoms. The molecule has 0 aliphatic rings. The highest BCUT2D eigenvalue weighted by molar-refractivity contribution is 6.03. The highest BCUT2D eigenvalue weighted by Crippen LogP contribution is 2.30. The molecule has 2 aromatic carbocycles. The average molecular weight is 291 g/mol. The van der Waals surface area contributed by atoms with Crippen LogP contribution in [0, 0.1) is 11.6 Å². The third-order valence-electron chi connectivity index (χ3n) is 3.08. The summed E-state index contributed by atoms with van der Waals surface area (Å²) in [5, 5.41) is 11.7. The fraction of sp³-hybridized carbons (Fsp3) is 0.133. The zero-order valence-corrected chi connectivity index (χ0v) is 11.4. The summed E-state index contributed by atoms with van der Waals surface area (Å²) in [6, 6.07) is 10.3. The van der Waals surface area contributed by atoms with Crippen molar-refractivity contribution < 1.29 is 14.0 Å². The van der Waals surface area contributed by atoms with Gasteiger partial charge in [-0.1, -0.05) is 17.3 Å². The minimum atomic E-state index is -0.613. The summed E-state index contributed by atoms with van der Waals surface area (Å²) in [5.74, 6) is -1.34. The van der Waals surface area contributed by atoms with Crippen molar-refractivity contribution >= 4 is 17.2 Å². The molecule has 3 N–H and O–H groups in total. The second-order valence-electron chi connectivity index (χ2n) is 4.34. The van der Waals surface area contributed by atoms with Crippen LogP contribution in [0.3, 0.4) is 0 Å². The molecule has 0 fully saturated rings. The van der Waals surface area contributed by atoms with Crippen LogP contribution in [-0.2, 0) is 0 Å². The average Bonchev–Trinajstić information content (AvgIpc) is 2.47. The number of hydrogen-bond acceptors (Lipinski definition) is 3. The van der Waals surface area contributed by atoms with Crippen LogP contribution < -0.4 is 10.6 Å². The molecule has 0 aliphatic carbocycles. The largest absolute Gasteiger partial charge is 0.409 e. The first-order valence-electron chi connectivity index (χ1n) is 6.38. The summed E-state index contributed by atoms with van der Waals surface area (Å²) in [4.78, 5) is 1.68. The Kier molecular flexibility index (Phi) is 4.37. The minimum absolute atomic E-state index is 0.0221. The number of halogens is 2. The molecule has 4 nitrogen and oxygen atoms in total. The maximum absolute atomic E-state index is 14.0. The van der Waals surface area contributed by atoms with Gasteiger partial charge < -0.3 is 15.8 Å². The topological polar surface area (TPSA) is 61.8 Å². The normalized spacial score (nSPS) is 11.5. The van der Waals surface area contributed by atoms with Crippen molar-refractivity contribution in [2.75, 3.05) is 11.4 Å². The fourth-order valence-electron chi connectivity index (χ4n) is 2.18. The van der Waals surface area contributed by atoms with E-state index in [1.165, 1.54) is 24.3 Å². The van der Waals surface area contributed by atoms with Gasteiger partial charge in [0.1, 0.15) is 11.6 Å². The number of amidine groups is 1. The van der Waals surface area contributed by atoms with Crippen LogP contribution in [0.15, 0.2) is 47.6 Å². The summed E-state index contributed by atoms with van der Waals surface area (Å²) in [6.07, 6.45) is 0. The Morgan fingerprint density at radius 3 is 2.57 bits per heavy atom. The van der Waals surface area contributed by atoms with E-state index in [-0.39, 0.29) is 11.4 Å². The zero-order valence-electron chi connectivity index (χ0n) is 11.4. The fourth-order valence-corrected chi connectivity index (χ4v) is 2.18. The zero-order chi connectivity index (χ0) is 15.4. The molecule has 0 amide bonds. The van der Waals surface area contributed by atoms with Gasteiger partial charge in [0.25, 0.3) is 0 Å². The highest BCUT2D eigenvalue weighted by Gasteiger charge is 2.18. The van der Waals surface area contributed by atoms with Gasteiger partial charge in [0.15, 0.2) is 5.84 Å². The Labute approximate surface area is 121 Å². The van der Waals surface area contributed by atoms with E-state index in [1.807, 2.05) is 6.92 Å². The van der Waals surface area contributed by atoms with Gasteiger partial charge in [0.2, 0.25) is 0 Å². The van der Waals surface area contributed by atoms with Crippen LogP contribution in [0.4, 0.5) is 20.2 Å². The van der Waals surface area contributed by atoms with Crippen LogP contribution in [0.1, 0.15) is 12.5 Å². The van der Waals surface area contributed by atoms with Gasteiger partial charge in [-0.15, -0.1) is 0 Å². The number of nitrogens with two attached hydrogens (primary N) is 1. The molecule has 0 saturated carbocycles. The number of rotatable bonds is 4. The molecule has 0 heterocycles. The van der Waals surface area contributed by atoms with Gasteiger partial charge in [0, 0.05) is 12.2 Å². The second kappa shape index (κ2) is 6.21. The van der Waals surface area contributed by atoms with Gasteiger partial charge in [-0.3, -0.25) is 0 Å². The summed E-state index contributed by atoms with van der Waals surface area (Å²) >= 11 is 0. The molecule has 0 spiro atoms. The molecule has 0 saturated heterocycles. The number of benzene rings is 2. The van der Waals surface area contributed by atoms with E-state index in [9.17, 15) is 8.78 Å². The minimum Gasteiger partial charge on any atom is -0.409 e. The van der Waals surface area contributed by atoms with E-state index < -0.39 is 11.6 Å². The van der Waals surface area contributed by atoms with Gasteiger partial charge in [-0.2, -0.15) is 0 Å². The van der Waals surface area contributed by atoms with E-state index in [0.717, 1.165) is 0 Å². The summed E-state index contributed by atoms with van der Waals surface area (Å²) in [6.45, 7) is 2.30. The van der Waals surface area contributed by atoms with E-state index >= 15 is 0 Å². The van der Waals surface area contributed by atoms with Gasteiger partial charge in [0.05, 0.1) is 11.3 Å². The quantitative estimate of drug-likeness (QED) is 0.393. The molecule has 0 radical (unpaired) electrons. The lowest BCUT2D eigenvalue weighted by atomic mass is 10.1. The van der Waals surface area contributed by atoms with Crippen LogP contribution in [0.25, 0.3) is 0 Å². The molecule has 0 bridgehead atoms. The van der Waals surface area contributed by atoms with Crippen molar-refractivity contribution in [3.63, 3.8) is 0 Å². The predicted octanol–water partition coefficient (Wildman–Crippen LogP) is 3.22. The van der Waals surface area contributed by atoms with Crippen molar-refractivity contribution in [1.82, 2.24) is 0 Å². The maximum Gasteiger partial charge on any atom is 0.175 e. The Morgan fingerprint density at radius 2 is 1.95 bits per heavy atom. The van der Waals surface area contributed by atoms with Crippen molar-refractivity contribution in [1.29, 1.82) is 0 Å². The van der Waals surface area contributed by atoms with E-state index in [4.69, 9.17) is 10.9 Å². The predicted molar refractivity (Wildman–Crippen MR) is 78.0 cm³/mol. The van der Waals surface area contributed by atoms with E-state index in [1.54, 1.807) is 23.1 Å². The van der Waals surface area contributed by atoms with E-state index in [2.05, 4.69) is 5.16 Å². The van der Waals surface area contributed by atoms with Gasteiger partial charge in [-0.25, -0.2) is 8.78 Å². The van der Waals surface area contributed by atoms with Crippen LogP contribution in [-0.4, -0.2) is 17.6 Å². The first-order chi connectivity index (χ1) is 10.1. The first kappa shape index (κ1) is 14.8. The van der Waals surface area contributed by atoms with Crippen molar-refractivity contribution in [2.24, 2.45) is 10.9 Å². The number of nitrogens with zero attached hydrogens (tertiary/aromatic N) is 2. The highest BCUT2D eigenvalue weighted by atomic mass is 19.1. The molecule has 2 rings (SSSR count). The molecule has 6 heteroatoms. The number of oxime groups is 1. The van der Waals surface area contributed by atoms with Crippen molar-refractivity contribution in [3.8, 4) is 0 Å². The van der Waals surface area contributed by atoms with Crippen LogP contribution >= 0.6 is 0 Å². The standard InChI is InChI=1S/C15H15F2N3O/c1-2-20(11-6-3-5-10(16)9-11)13-8-4-7-12(17)14(13)15(18)19-21/h3-9,21H,2H2,1H3,(H2,18,19). The van der Waals surface area contributed by atoms with Crippen molar-refractivity contribution in [3.05, 3.63) is 59.7 Å².